The van der Waals surface area contributed by atoms with E-state index in [-0.39, 0.29) is 24.3 Å². The van der Waals surface area contributed by atoms with Gasteiger partial charge in [0.15, 0.2) is 0 Å². The molecule has 0 fully saturated rings. The topological polar surface area (TPSA) is 87.7 Å². The molecule has 1 aliphatic heterocycles. The number of likely N-dealkylation sites (N-methyl/N-ethyl adjacent to an activating group) is 1. The Kier molecular flexibility index (Phi) is 6.20. The maximum absolute atomic E-state index is 12.7. The minimum absolute atomic E-state index is 0.0666. The van der Waals surface area contributed by atoms with E-state index in [0.717, 1.165) is 4.90 Å². The number of rotatable bonds is 5. The number of nitrogens with one attached hydrogen (secondary N) is 2. The maximum atomic E-state index is 12.7. The molecule has 1 aliphatic rings. The first kappa shape index (κ1) is 19.8. The first-order valence-electron chi connectivity index (χ1n) is 8.72. The van der Waals surface area contributed by atoms with Crippen LogP contribution < -0.4 is 15.4 Å². The lowest BCUT2D eigenvalue weighted by Crippen LogP contribution is -2.35. The van der Waals surface area contributed by atoms with E-state index in [1.165, 1.54) is 4.90 Å². The summed E-state index contributed by atoms with van der Waals surface area (Å²) in [5.41, 5.74) is 1.67. The zero-order chi connectivity index (χ0) is 20.1. The fourth-order valence-electron chi connectivity index (χ4n) is 2.74. The van der Waals surface area contributed by atoms with Gasteiger partial charge in [-0.15, -0.1) is 11.8 Å². The Balaban J connectivity index is 1.63. The smallest absolute Gasteiger partial charge is 0.254 e. The van der Waals surface area contributed by atoms with Crippen molar-refractivity contribution in [2.45, 2.75) is 11.3 Å². The molecular weight excluding hydrogens is 378 g/mol. The van der Waals surface area contributed by atoms with Crippen molar-refractivity contribution in [3.8, 4) is 5.75 Å². The number of hydrogen-bond donors (Lipinski definition) is 2. The highest BCUT2D eigenvalue weighted by Gasteiger charge is 2.19. The molecule has 0 radical (unpaired) electrons. The fourth-order valence-corrected chi connectivity index (χ4v) is 3.67. The molecule has 0 bridgehead atoms. The average Bonchev–Trinajstić information content (AvgIpc) is 2.87. The summed E-state index contributed by atoms with van der Waals surface area (Å²) in [6.45, 7) is -0.0942. The summed E-state index contributed by atoms with van der Waals surface area (Å²) in [4.78, 5) is 38.9. The van der Waals surface area contributed by atoms with Gasteiger partial charge in [0, 0.05) is 35.4 Å². The molecule has 0 aliphatic carbocycles. The maximum Gasteiger partial charge on any atom is 0.254 e. The van der Waals surface area contributed by atoms with E-state index >= 15 is 0 Å². The van der Waals surface area contributed by atoms with Crippen LogP contribution in [0.4, 0.5) is 11.4 Å². The first-order chi connectivity index (χ1) is 13.5. The van der Waals surface area contributed by atoms with E-state index in [1.807, 2.05) is 6.07 Å². The molecule has 0 atom stereocenters. The largest absolute Gasteiger partial charge is 0.497 e. The normalized spacial score (nSPS) is 13.0. The number of benzene rings is 2. The summed E-state index contributed by atoms with van der Waals surface area (Å²) in [6.07, 6.45) is 0.439. The number of anilines is 2. The minimum atomic E-state index is -0.306. The zero-order valence-electron chi connectivity index (χ0n) is 15.7. The van der Waals surface area contributed by atoms with Gasteiger partial charge >= 0.3 is 0 Å². The van der Waals surface area contributed by atoms with Gasteiger partial charge in [-0.1, -0.05) is 0 Å². The number of ether oxygens (including phenoxy) is 1. The van der Waals surface area contributed by atoms with Gasteiger partial charge in [-0.3, -0.25) is 14.4 Å². The average molecular weight is 399 g/mol. The van der Waals surface area contributed by atoms with Crippen molar-refractivity contribution in [1.82, 2.24) is 4.90 Å². The third-order valence-electron chi connectivity index (χ3n) is 4.19. The van der Waals surface area contributed by atoms with Gasteiger partial charge in [-0.25, -0.2) is 0 Å². The third-order valence-corrected chi connectivity index (χ3v) is 5.26. The van der Waals surface area contributed by atoms with Crippen molar-refractivity contribution in [2.24, 2.45) is 0 Å². The molecule has 1 heterocycles. The molecule has 0 spiro atoms. The number of fused-ring (bicyclic) bond motifs is 1. The Hall–Kier alpha value is -3.00. The standard InChI is InChI=1S/C20H21N3O4S/c1-23(12-19(25)21-14-4-6-15(27-2)7-5-14)20(26)13-3-8-17-16(11-13)22-18(24)9-10-28-17/h3-8,11H,9-10,12H2,1-2H3,(H,21,25)(H,22,24). The van der Waals surface area contributed by atoms with Gasteiger partial charge < -0.3 is 20.3 Å². The molecule has 146 valence electrons. The summed E-state index contributed by atoms with van der Waals surface area (Å²) in [5.74, 6) is 0.732. The highest BCUT2D eigenvalue weighted by molar-refractivity contribution is 7.99. The molecular formula is C20H21N3O4S. The second-order valence-corrected chi connectivity index (χ2v) is 7.43. The molecule has 7 nitrogen and oxygen atoms in total. The quantitative estimate of drug-likeness (QED) is 0.807. The third kappa shape index (κ3) is 4.83. The van der Waals surface area contributed by atoms with Crippen LogP contribution in [0.1, 0.15) is 16.8 Å². The molecule has 0 aromatic heterocycles. The number of amides is 3. The Morgan fingerprint density at radius 2 is 1.96 bits per heavy atom. The lowest BCUT2D eigenvalue weighted by Gasteiger charge is -2.18. The van der Waals surface area contributed by atoms with E-state index < -0.39 is 0 Å². The molecule has 8 heteroatoms. The van der Waals surface area contributed by atoms with Gasteiger partial charge in [-0.05, 0) is 42.5 Å². The lowest BCUT2D eigenvalue weighted by molar-refractivity contribution is -0.117. The molecule has 3 amide bonds. The minimum Gasteiger partial charge on any atom is -0.497 e. The van der Waals surface area contributed by atoms with E-state index in [0.29, 0.717) is 34.9 Å². The number of thioether (sulfide) groups is 1. The molecule has 2 aromatic carbocycles. The van der Waals surface area contributed by atoms with Crippen LogP contribution in [-0.4, -0.2) is 49.1 Å². The molecule has 3 rings (SSSR count). The van der Waals surface area contributed by atoms with Crippen LogP contribution in [-0.2, 0) is 9.59 Å². The van der Waals surface area contributed by atoms with Gasteiger partial charge in [0.1, 0.15) is 5.75 Å². The van der Waals surface area contributed by atoms with Crippen LogP contribution in [0.5, 0.6) is 5.75 Å². The van der Waals surface area contributed by atoms with E-state index in [1.54, 1.807) is 62.3 Å². The molecule has 2 N–H and O–H groups in total. The molecule has 2 aromatic rings. The van der Waals surface area contributed by atoms with Gasteiger partial charge in [0.2, 0.25) is 11.8 Å². The second-order valence-electron chi connectivity index (χ2n) is 6.30. The van der Waals surface area contributed by atoms with Crippen LogP contribution in [0, 0.1) is 0 Å². The van der Waals surface area contributed by atoms with Crippen molar-refractivity contribution < 1.29 is 19.1 Å². The summed E-state index contributed by atoms with van der Waals surface area (Å²) >= 11 is 1.58. The van der Waals surface area contributed by atoms with E-state index in [9.17, 15) is 14.4 Å². The van der Waals surface area contributed by atoms with Gasteiger partial charge in [-0.2, -0.15) is 0 Å². The molecule has 28 heavy (non-hydrogen) atoms. The first-order valence-corrected chi connectivity index (χ1v) is 9.71. The fraction of sp³-hybridized carbons (Fsp3) is 0.250. The summed E-state index contributed by atoms with van der Waals surface area (Å²) < 4.78 is 5.08. The zero-order valence-corrected chi connectivity index (χ0v) is 16.5. The second kappa shape index (κ2) is 8.79. The van der Waals surface area contributed by atoms with E-state index in [2.05, 4.69) is 10.6 Å². The Morgan fingerprint density at radius 1 is 1.21 bits per heavy atom. The lowest BCUT2D eigenvalue weighted by atomic mass is 10.1. The van der Waals surface area contributed by atoms with Gasteiger partial charge in [0.25, 0.3) is 5.91 Å². The predicted molar refractivity (Wildman–Crippen MR) is 109 cm³/mol. The summed E-state index contributed by atoms with van der Waals surface area (Å²) in [6, 6.07) is 12.1. The number of carbonyl (C=O) groups excluding carboxylic acids is 3. The Bertz CT molecular complexity index is 899. The monoisotopic (exact) mass is 399 g/mol. The van der Waals surface area contributed by atoms with Crippen LogP contribution >= 0.6 is 11.8 Å². The number of methoxy groups -OCH3 is 1. The number of hydrogen-bond acceptors (Lipinski definition) is 5. The Morgan fingerprint density at radius 3 is 2.68 bits per heavy atom. The van der Waals surface area contributed by atoms with Crippen LogP contribution in [0.2, 0.25) is 0 Å². The number of nitrogens with zero attached hydrogens (tertiary/aromatic N) is 1. The van der Waals surface area contributed by atoms with Crippen molar-refractivity contribution in [3.63, 3.8) is 0 Å². The highest BCUT2D eigenvalue weighted by atomic mass is 32.2. The summed E-state index contributed by atoms with van der Waals surface area (Å²) in [5, 5.41) is 5.57. The van der Waals surface area contributed by atoms with Crippen molar-refractivity contribution in [2.75, 3.05) is 37.1 Å². The Labute approximate surface area is 167 Å². The summed E-state index contributed by atoms with van der Waals surface area (Å²) in [7, 11) is 3.13. The van der Waals surface area contributed by atoms with E-state index in [4.69, 9.17) is 4.74 Å². The van der Waals surface area contributed by atoms with Gasteiger partial charge in [0.05, 0.1) is 19.3 Å². The molecule has 0 saturated heterocycles. The highest BCUT2D eigenvalue weighted by Crippen LogP contribution is 2.31. The van der Waals surface area contributed by atoms with Crippen molar-refractivity contribution >= 4 is 40.9 Å². The van der Waals surface area contributed by atoms with Crippen molar-refractivity contribution in [3.05, 3.63) is 48.0 Å². The van der Waals surface area contributed by atoms with Crippen LogP contribution in [0.15, 0.2) is 47.4 Å². The van der Waals surface area contributed by atoms with Crippen molar-refractivity contribution in [1.29, 1.82) is 0 Å². The number of carbonyl (C=O) groups is 3. The predicted octanol–water partition coefficient (Wildman–Crippen LogP) is 2.84. The van der Waals surface area contributed by atoms with Crippen LogP contribution in [0.3, 0.4) is 0 Å². The van der Waals surface area contributed by atoms with Crippen LogP contribution in [0.25, 0.3) is 0 Å². The molecule has 0 unspecified atom stereocenters. The molecule has 0 saturated carbocycles. The SMILES string of the molecule is COc1ccc(NC(=O)CN(C)C(=O)c2ccc3c(c2)NC(=O)CCS3)cc1.